The number of allylic oxidation sites excluding steroid dienone is 2. The molecule has 0 spiro atoms. The van der Waals surface area contributed by atoms with Gasteiger partial charge in [0.15, 0.2) is 0 Å². The van der Waals surface area contributed by atoms with Crippen LogP contribution in [0.15, 0.2) is 42.0 Å². The van der Waals surface area contributed by atoms with Crippen LogP contribution >= 0.6 is 0 Å². The molecule has 5 aliphatic rings. The number of fused-ring (bicyclic) bond motifs is 7. The van der Waals surface area contributed by atoms with Crippen LogP contribution in [-0.2, 0) is 20.9 Å². The molecule has 10 atom stereocenters. The summed E-state index contributed by atoms with van der Waals surface area (Å²) in [5.41, 5.74) is 1.64. The summed E-state index contributed by atoms with van der Waals surface area (Å²) in [5, 5.41) is 0. The smallest absolute Gasteiger partial charge is 0.313 e. The zero-order valence-corrected chi connectivity index (χ0v) is 27.0. The van der Waals surface area contributed by atoms with Crippen molar-refractivity contribution >= 4 is 11.8 Å². The molecule has 0 aliphatic heterocycles. The van der Waals surface area contributed by atoms with Crippen LogP contribution in [0, 0.1) is 63.2 Å². The minimum absolute atomic E-state index is 0.00782. The van der Waals surface area contributed by atoms with E-state index < -0.39 is 16.9 Å². The van der Waals surface area contributed by atoms with Crippen LogP contribution in [0.3, 0.4) is 0 Å². The highest BCUT2D eigenvalue weighted by Gasteiger charge is 2.71. The van der Waals surface area contributed by atoms with E-state index in [0.717, 1.165) is 50.5 Å². The molecule has 1 aromatic carbocycles. The summed E-state index contributed by atoms with van der Waals surface area (Å²) >= 11 is 0. The Balaban J connectivity index is 1.39. The molecule has 0 aromatic heterocycles. The molecule has 42 heavy (non-hydrogen) atoms. The molecular formula is C38H51NO3. The van der Waals surface area contributed by atoms with Crippen LogP contribution < -0.4 is 0 Å². The van der Waals surface area contributed by atoms with Gasteiger partial charge in [-0.2, -0.15) is 0 Å². The van der Waals surface area contributed by atoms with Gasteiger partial charge in [0.25, 0.3) is 6.04 Å². The molecule has 5 aliphatic carbocycles. The SMILES string of the molecule is [C-]#[N+]C1C[C@@]2(C)C(CC[C@]3(C)C2CC=C2C4C(C)C(C)CC[C@]4(C(=O)OCc4ccccc4)CC[C@]23C)C(C)(C)C1=O. The molecule has 6 unspecified atom stereocenters. The number of carbonyl (C=O) groups is 2. The third-order valence-corrected chi connectivity index (χ3v) is 14.5. The van der Waals surface area contributed by atoms with Gasteiger partial charge >= 0.3 is 5.97 Å². The number of Topliss-reactive ketones (excluding diaryl/α,β-unsaturated/α-hetero) is 1. The van der Waals surface area contributed by atoms with Crippen molar-refractivity contribution in [1.29, 1.82) is 0 Å². The number of nitrogens with zero attached hydrogens (tertiary/aromatic N) is 1. The molecule has 0 N–H and O–H groups in total. The Kier molecular flexibility index (Phi) is 6.92. The molecule has 0 heterocycles. The van der Waals surface area contributed by atoms with Crippen molar-refractivity contribution in [3.05, 3.63) is 59.0 Å². The highest BCUT2D eigenvalue weighted by Crippen LogP contribution is 2.75. The van der Waals surface area contributed by atoms with Gasteiger partial charge in [-0.3, -0.25) is 9.59 Å². The highest BCUT2D eigenvalue weighted by atomic mass is 16.5. The first-order valence-corrected chi connectivity index (χ1v) is 16.6. The molecule has 0 saturated heterocycles. The van der Waals surface area contributed by atoms with Crippen molar-refractivity contribution in [3.8, 4) is 0 Å². The first-order chi connectivity index (χ1) is 19.8. The molecule has 0 radical (unpaired) electrons. The predicted molar refractivity (Wildman–Crippen MR) is 166 cm³/mol. The number of ketones is 1. The lowest BCUT2D eigenvalue weighted by Gasteiger charge is -2.70. The van der Waals surface area contributed by atoms with Gasteiger partial charge in [0.2, 0.25) is 5.78 Å². The van der Waals surface area contributed by atoms with Crippen LogP contribution in [0.25, 0.3) is 4.85 Å². The van der Waals surface area contributed by atoms with E-state index in [-0.39, 0.29) is 33.9 Å². The maximum atomic E-state index is 14.2. The molecule has 6 rings (SSSR count). The predicted octanol–water partition coefficient (Wildman–Crippen LogP) is 8.85. The molecule has 0 bridgehead atoms. The monoisotopic (exact) mass is 569 g/mol. The van der Waals surface area contributed by atoms with E-state index in [1.165, 1.54) is 5.57 Å². The van der Waals surface area contributed by atoms with Crippen molar-refractivity contribution in [2.75, 3.05) is 0 Å². The van der Waals surface area contributed by atoms with Crippen LogP contribution in [-0.4, -0.2) is 17.8 Å². The van der Waals surface area contributed by atoms with E-state index in [0.29, 0.717) is 36.7 Å². The second-order valence-electron chi connectivity index (χ2n) is 16.3. The van der Waals surface area contributed by atoms with Gasteiger partial charge in [0, 0.05) is 11.8 Å². The summed E-state index contributed by atoms with van der Waals surface area (Å²) in [7, 11) is 0. The normalized spacial score (nSPS) is 45.7. The number of hydrogen-bond donors (Lipinski definition) is 0. The van der Waals surface area contributed by atoms with Gasteiger partial charge in [0.1, 0.15) is 6.61 Å². The number of esters is 1. The fourth-order valence-corrected chi connectivity index (χ4v) is 11.8. The number of rotatable bonds is 3. The maximum Gasteiger partial charge on any atom is 0.313 e. The summed E-state index contributed by atoms with van der Waals surface area (Å²) in [4.78, 5) is 31.5. The standard InChI is InChI=1S/C38H51NO3/c1-24-16-19-38(33(41)42-23-26-12-10-9-11-13-26)21-20-36(6)27(31(38)25(24)2)14-15-30-35(5)22-28(39-8)32(40)34(3,4)29(35)17-18-37(30,36)7/h9-14,24-25,28-31H,15-23H2,1-7H3/t24?,25?,28?,29?,30?,31?,35-,36+,37+,38-/m0/s1. The molecule has 1 aromatic rings. The summed E-state index contributed by atoms with van der Waals surface area (Å²) in [5.74, 6) is 2.07. The van der Waals surface area contributed by atoms with E-state index >= 15 is 0 Å². The van der Waals surface area contributed by atoms with Gasteiger partial charge in [-0.1, -0.05) is 90.4 Å². The molecular weight excluding hydrogens is 518 g/mol. The Hall–Kier alpha value is -2.41. The van der Waals surface area contributed by atoms with Crippen LogP contribution in [0.4, 0.5) is 0 Å². The summed E-state index contributed by atoms with van der Waals surface area (Å²) in [6.07, 6.45) is 10.2. The Labute approximate surface area is 253 Å². The number of benzene rings is 1. The van der Waals surface area contributed by atoms with Crippen LogP contribution in [0.5, 0.6) is 0 Å². The van der Waals surface area contributed by atoms with Crippen molar-refractivity contribution < 1.29 is 14.3 Å². The summed E-state index contributed by atoms with van der Waals surface area (Å²) in [6.45, 7) is 24.7. The van der Waals surface area contributed by atoms with Gasteiger partial charge in [-0.05, 0) is 96.3 Å². The fourth-order valence-electron chi connectivity index (χ4n) is 11.8. The first kappa shape index (κ1) is 29.7. The summed E-state index contributed by atoms with van der Waals surface area (Å²) < 4.78 is 6.17. The van der Waals surface area contributed by atoms with Gasteiger partial charge in [0.05, 0.1) is 5.41 Å². The molecule has 4 saturated carbocycles. The Bertz CT molecular complexity index is 1340. The van der Waals surface area contributed by atoms with E-state index in [4.69, 9.17) is 11.3 Å². The third kappa shape index (κ3) is 3.83. The molecule has 4 heteroatoms. The lowest BCUT2D eigenvalue weighted by atomic mass is 9.33. The van der Waals surface area contributed by atoms with Crippen molar-refractivity contribution in [2.45, 2.75) is 112 Å². The van der Waals surface area contributed by atoms with Crippen LogP contribution in [0.1, 0.15) is 105 Å². The van der Waals surface area contributed by atoms with Crippen LogP contribution in [0.2, 0.25) is 0 Å². The Morgan fingerprint density at radius 2 is 1.69 bits per heavy atom. The van der Waals surface area contributed by atoms with E-state index in [1.807, 2.05) is 30.3 Å². The number of hydrogen-bond acceptors (Lipinski definition) is 3. The average Bonchev–Trinajstić information content (AvgIpc) is 2.96. The average molecular weight is 570 g/mol. The minimum Gasteiger partial charge on any atom is -0.460 e. The van der Waals surface area contributed by atoms with Gasteiger partial charge < -0.3 is 9.58 Å². The topological polar surface area (TPSA) is 47.7 Å². The number of ether oxygens (including phenoxy) is 1. The Morgan fingerprint density at radius 1 is 0.976 bits per heavy atom. The number of carbonyl (C=O) groups excluding carboxylic acids is 2. The lowest BCUT2D eigenvalue weighted by Crippen LogP contribution is -2.66. The second kappa shape index (κ2) is 9.80. The van der Waals surface area contributed by atoms with Crippen molar-refractivity contribution in [3.63, 3.8) is 0 Å². The third-order valence-electron chi connectivity index (χ3n) is 14.5. The van der Waals surface area contributed by atoms with E-state index in [1.54, 1.807) is 0 Å². The molecule has 4 fully saturated rings. The van der Waals surface area contributed by atoms with Crippen molar-refractivity contribution in [1.82, 2.24) is 0 Å². The van der Waals surface area contributed by atoms with Crippen molar-refractivity contribution in [2.24, 2.45) is 56.7 Å². The summed E-state index contributed by atoms with van der Waals surface area (Å²) in [6, 6.07) is 9.54. The quantitative estimate of drug-likeness (QED) is 0.208. The minimum atomic E-state index is -0.528. The zero-order valence-electron chi connectivity index (χ0n) is 27.0. The lowest BCUT2D eigenvalue weighted by molar-refractivity contribution is -0.193. The fraction of sp³-hybridized carbons (Fsp3) is 0.711. The Morgan fingerprint density at radius 3 is 2.38 bits per heavy atom. The molecule has 4 nitrogen and oxygen atoms in total. The van der Waals surface area contributed by atoms with E-state index in [2.05, 4.69) is 59.4 Å². The van der Waals surface area contributed by atoms with Gasteiger partial charge in [-0.15, -0.1) is 0 Å². The second-order valence-corrected chi connectivity index (χ2v) is 16.3. The molecule has 226 valence electrons. The van der Waals surface area contributed by atoms with E-state index in [9.17, 15) is 9.59 Å². The maximum absolute atomic E-state index is 14.2. The highest BCUT2D eigenvalue weighted by molar-refractivity contribution is 5.92. The largest absolute Gasteiger partial charge is 0.460 e. The zero-order chi connectivity index (χ0) is 30.3. The molecule has 0 amide bonds. The van der Waals surface area contributed by atoms with Gasteiger partial charge in [-0.25, -0.2) is 6.57 Å². The first-order valence-electron chi connectivity index (χ1n) is 16.6.